The largest absolute Gasteiger partial charge is 0.491 e. The molecule has 0 aliphatic rings. The lowest BCUT2D eigenvalue weighted by atomic mass is 10.1. The van der Waals surface area contributed by atoms with Gasteiger partial charge in [-0.25, -0.2) is 9.78 Å². The summed E-state index contributed by atoms with van der Waals surface area (Å²) in [5.41, 5.74) is 1.91. The molecule has 0 aliphatic heterocycles. The maximum Gasteiger partial charge on any atom is 0.343 e. The molecule has 2 N–H and O–H groups in total. The molecule has 0 spiro atoms. The van der Waals surface area contributed by atoms with Crippen LogP contribution in [0.25, 0.3) is 22.7 Å². The molecule has 0 fully saturated rings. The molecular formula is C22H23NO7. The molecule has 0 aliphatic carbocycles. The Hall–Kier alpha value is -3.36. The topological polar surface area (TPSA) is 111 Å². The van der Waals surface area contributed by atoms with Crippen molar-refractivity contribution in [1.82, 2.24) is 4.98 Å². The van der Waals surface area contributed by atoms with E-state index in [1.54, 1.807) is 55.5 Å². The molecule has 1 aromatic heterocycles. The summed E-state index contributed by atoms with van der Waals surface area (Å²) in [6.07, 6.45) is 1.63. The lowest BCUT2D eigenvalue weighted by molar-refractivity contribution is -0.136. The molecule has 8 heteroatoms. The summed E-state index contributed by atoms with van der Waals surface area (Å²) in [7, 11) is 0. The SMILES string of the molecule is CCOC(=O)/C(=C\c1ccc(OCCO)cc1)c1nc2ccc(OCCO)cc2o1. The van der Waals surface area contributed by atoms with Gasteiger partial charge in [-0.1, -0.05) is 12.1 Å². The standard InChI is InChI=1S/C22H23NO7/c1-2-27-22(26)18(13-15-3-5-16(6-4-15)28-11-9-24)21-23-19-8-7-17(29-12-10-25)14-20(19)30-21/h3-8,13-14,24-25H,2,9-12H2,1H3/b18-13-. The first-order valence-electron chi connectivity index (χ1n) is 9.51. The first kappa shape index (κ1) is 21.4. The lowest BCUT2D eigenvalue weighted by Crippen LogP contribution is -2.07. The van der Waals surface area contributed by atoms with Crippen molar-refractivity contribution >= 4 is 28.7 Å². The summed E-state index contributed by atoms with van der Waals surface area (Å²) >= 11 is 0. The molecule has 3 rings (SSSR count). The molecule has 0 radical (unpaired) electrons. The zero-order valence-corrected chi connectivity index (χ0v) is 16.5. The minimum absolute atomic E-state index is 0.0703. The number of rotatable bonds is 10. The van der Waals surface area contributed by atoms with Gasteiger partial charge in [0.1, 0.15) is 35.8 Å². The van der Waals surface area contributed by atoms with Crippen LogP contribution in [0.15, 0.2) is 46.9 Å². The molecule has 0 unspecified atom stereocenters. The van der Waals surface area contributed by atoms with Gasteiger partial charge in [0.25, 0.3) is 0 Å². The van der Waals surface area contributed by atoms with Crippen LogP contribution in [-0.4, -0.2) is 54.2 Å². The highest BCUT2D eigenvalue weighted by atomic mass is 16.5. The first-order valence-corrected chi connectivity index (χ1v) is 9.51. The summed E-state index contributed by atoms with van der Waals surface area (Å²) in [5.74, 6) is 0.709. The molecule has 8 nitrogen and oxygen atoms in total. The van der Waals surface area contributed by atoms with E-state index in [1.807, 2.05) is 0 Å². The van der Waals surface area contributed by atoms with Crippen LogP contribution >= 0.6 is 0 Å². The van der Waals surface area contributed by atoms with E-state index < -0.39 is 5.97 Å². The van der Waals surface area contributed by atoms with Crippen molar-refractivity contribution in [2.45, 2.75) is 6.92 Å². The third-order valence-electron chi connectivity index (χ3n) is 4.00. The number of ether oxygens (including phenoxy) is 3. The van der Waals surface area contributed by atoms with Crippen molar-refractivity contribution in [3.05, 3.63) is 53.9 Å². The van der Waals surface area contributed by atoms with Gasteiger partial charge in [-0.15, -0.1) is 0 Å². The highest BCUT2D eigenvalue weighted by molar-refractivity contribution is 6.20. The molecule has 0 amide bonds. The Bertz CT molecular complexity index is 1010. The van der Waals surface area contributed by atoms with E-state index in [1.165, 1.54) is 0 Å². The Morgan fingerprint density at radius 1 is 1.03 bits per heavy atom. The average Bonchev–Trinajstić information content (AvgIpc) is 3.18. The molecule has 0 saturated heterocycles. The fraction of sp³-hybridized carbons (Fsp3) is 0.273. The van der Waals surface area contributed by atoms with E-state index in [4.69, 9.17) is 28.8 Å². The Morgan fingerprint density at radius 2 is 1.70 bits per heavy atom. The van der Waals surface area contributed by atoms with Crippen LogP contribution in [0, 0.1) is 0 Å². The minimum Gasteiger partial charge on any atom is -0.491 e. The number of aliphatic hydroxyl groups is 2. The molecule has 1 heterocycles. The highest BCUT2D eigenvalue weighted by Crippen LogP contribution is 2.27. The van der Waals surface area contributed by atoms with E-state index >= 15 is 0 Å². The minimum atomic E-state index is -0.554. The van der Waals surface area contributed by atoms with Crippen LogP contribution in [0.1, 0.15) is 18.4 Å². The predicted octanol–water partition coefficient (Wildman–Crippen LogP) is 2.67. The molecule has 0 saturated carbocycles. The van der Waals surface area contributed by atoms with Crippen LogP contribution in [-0.2, 0) is 9.53 Å². The summed E-state index contributed by atoms with van der Waals surface area (Å²) < 4.78 is 21.7. The van der Waals surface area contributed by atoms with Gasteiger partial charge in [-0.2, -0.15) is 0 Å². The van der Waals surface area contributed by atoms with Crippen molar-refractivity contribution in [1.29, 1.82) is 0 Å². The fourth-order valence-corrected chi connectivity index (χ4v) is 2.68. The molecule has 158 valence electrons. The van der Waals surface area contributed by atoms with Crippen molar-refractivity contribution < 1.29 is 33.6 Å². The first-order chi connectivity index (χ1) is 14.6. The summed E-state index contributed by atoms with van der Waals surface area (Å²) in [5, 5.41) is 17.7. The maximum absolute atomic E-state index is 12.5. The number of benzene rings is 2. The number of carbonyl (C=O) groups is 1. The lowest BCUT2D eigenvalue weighted by Gasteiger charge is -2.06. The van der Waals surface area contributed by atoms with Gasteiger partial charge in [-0.3, -0.25) is 0 Å². The number of esters is 1. The van der Waals surface area contributed by atoms with Crippen LogP contribution in [0.2, 0.25) is 0 Å². The van der Waals surface area contributed by atoms with E-state index in [-0.39, 0.29) is 44.5 Å². The molecule has 2 aromatic carbocycles. The zero-order valence-electron chi connectivity index (χ0n) is 16.5. The van der Waals surface area contributed by atoms with Gasteiger partial charge < -0.3 is 28.8 Å². The monoisotopic (exact) mass is 413 g/mol. The second-order valence-electron chi connectivity index (χ2n) is 6.14. The van der Waals surface area contributed by atoms with Gasteiger partial charge in [0, 0.05) is 6.07 Å². The number of fused-ring (bicyclic) bond motifs is 1. The van der Waals surface area contributed by atoms with E-state index in [0.717, 1.165) is 5.56 Å². The van der Waals surface area contributed by atoms with Crippen LogP contribution in [0.4, 0.5) is 0 Å². The van der Waals surface area contributed by atoms with Crippen molar-refractivity contribution in [3.63, 3.8) is 0 Å². The van der Waals surface area contributed by atoms with Gasteiger partial charge >= 0.3 is 5.97 Å². The van der Waals surface area contributed by atoms with Gasteiger partial charge in [0.2, 0.25) is 5.89 Å². The van der Waals surface area contributed by atoms with Crippen LogP contribution in [0.5, 0.6) is 11.5 Å². The third-order valence-corrected chi connectivity index (χ3v) is 4.00. The third kappa shape index (κ3) is 5.37. The number of oxazole rings is 1. The number of aliphatic hydroxyl groups excluding tert-OH is 2. The Labute approximate surface area is 173 Å². The fourth-order valence-electron chi connectivity index (χ4n) is 2.68. The Morgan fingerprint density at radius 3 is 2.37 bits per heavy atom. The number of aromatic nitrogens is 1. The number of carbonyl (C=O) groups excluding carboxylic acids is 1. The summed E-state index contributed by atoms with van der Waals surface area (Å²) in [6.45, 7) is 2.14. The zero-order chi connectivity index (χ0) is 21.3. The van der Waals surface area contributed by atoms with Crippen LogP contribution < -0.4 is 9.47 Å². The number of hydrogen-bond acceptors (Lipinski definition) is 8. The second kappa shape index (κ2) is 10.4. The summed E-state index contributed by atoms with van der Waals surface area (Å²) in [4.78, 5) is 16.9. The molecule has 3 aromatic rings. The molecule has 30 heavy (non-hydrogen) atoms. The predicted molar refractivity (Wildman–Crippen MR) is 110 cm³/mol. The maximum atomic E-state index is 12.5. The Kier molecular flexibility index (Phi) is 7.42. The smallest absolute Gasteiger partial charge is 0.343 e. The van der Waals surface area contributed by atoms with Crippen molar-refractivity contribution in [2.75, 3.05) is 33.0 Å². The summed E-state index contributed by atoms with van der Waals surface area (Å²) in [6, 6.07) is 12.1. The number of nitrogens with zero attached hydrogens (tertiary/aromatic N) is 1. The van der Waals surface area contributed by atoms with Gasteiger partial charge in [-0.05, 0) is 42.8 Å². The average molecular weight is 413 g/mol. The van der Waals surface area contributed by atoms with Crippen molar-refractivity contribution in [3.8, 4) is 11.5 Å². The van der Waals surface area contributed by atoms with Crippen LogP contribution in [0.3, 0.4) is 0 Å². The van der Waals surface area contributed by atoms with E-state index in [2.05, 4.69) is 4.98 Å². The second-order valence-corrected chi connectivity index (χ2v) is 6.14. The Balaban J connectivity index is 1.93. The highest BCUT2D eigenvalue weighted by Gasteiger charge is 2.20. The molecule has 0 bridgehead atoms. The molecular weight excluding hydrogens is 390 g/mol. The van der Waals surface area contributed by atoms with E-state index in [0.29, 0.717) is 22.6 Å². The van der Waals surface area contributed by atoms with E-state index in [9.17, 15) is 4.79 Å². The quantitative estimate of drug-likeness (QED) is 0.385. The van der Waals surface area contributed by atoms with Crippen molar-refractivity contribution in [2.24, 2.45) is 0 Å². The van der Waals surface area contributed by atoms with Gasteiger partial charge in [0.15, 0.2) is 5.58 Å². The normalized spacial score (nSPS) is 11.5. The van der Waals surface area contributed by atoms with Gasteiger partial charge in [0.05, 0.1) is 19.8 Å². The molecule has 0 atom stereocenters. The number of hydrogen-bond donors (Lipinski definition) is 2.